The molecule has 2 N–H and O–H groups in total. The van der Waals surface area contributed by atoms with Crippen molar-refractivity contribution in [2.24, 2.45) is 4.99 Å². The Balaban J connectivity index is 1.99. The fourth-order valence-corrected chi connectivity index (χ4v) is 2.79. The van der Waals surface area contributed by atoms with E-state index >= 15 is 0 Å². The van der Waals surface area contributed by atoms with Crippen molar-refractivity contribution < 1.29 is 22.6 Å². The molecule has 0 saturated heterocycles. The molecule has 6 nitrogen and oxygen atoms in total. The Morgan fingerprint density at radius 3 is 2.43 bits per heavy atom. The summed E-state index contributed by atoms with van der Waals surface area (Å²) in [6, 6.07) is 6.39. The third-order valence-corrected chi connectivity index (χ3v) is 4.26. The van der Waals surface area contributed by atoms with Crippen LogP contribution < -0.4 is 20.1 Å². The van der Waals surface area contributed by atoms with Crippen molar-refractivity contribution in [3.63, 3.8) is 0 Å². The van der Waals surface area contributed by atoms with Crippen LogP contribution in [0.5, 0.6) is 11.5 Å². The Labute approximate surface area is 174 Å². The normalized spacial score (nSPS) is 11.9. The van der Waals surface area contributed by atoms with E-state index in [1.54, 1.807) is 25.4 Å². The van der Waals surface area contributed by atoms with E-state index < -0.39 is 12.8 Å². The molecule has 1 aromatic heterocycles. The van der Waals surface area contributed by atoms with Crippen LogP contribution in [0.15, 0.2) is 35.5 Å². The molecule has 1 aromatic carbocycles. The molecule has 2 rings (SSSR count). The van der Waals surface area contributed by atoms with Crippen molar-refractivity contribution in [2.75, 3.05) is 20.3 Å². The van der Waals surface area contributed by atoms with Crippen LogP contribution in [0.4, 0.5) is 13.2 Å². The van der Waals surface area contributed by atoms with Crippen LogP contribution >= 0.6 is 0 Å². The molecule has 1 heterocycles. The highest BCUT2D eigenvalue weighted by Crippen LogP contribution is 2.23. The zero-order valence-electron chi connectivity index (χ0n) is 17.6. The van der Waals surface area contributed by atoms with Gasteiger partial charge in [0.25, 0.3) is 0 Å². The number of aromatic nitrogens is 1. The van der Waals surface area contributed by atoms with Gasteiger partial charge in [-0.2, -0.15) is 13.2 Å². The maximum atomic E-state index is 12.2. The fraction of sp³-hybridized carbons (Fsp3) is 0.429. The Morgan fingerprint density at radius 1 is 1.13 bits per heavy atom. The van der Waals surface area contributed by atoms with Gasteiger partial charge in [0, 0.05) is 23.9 Å². The van der Waals surface area contributed by atoms with Crippen molar-refractivity contribution in [2.45, 2.75) is 40.0 Å². The highest BCUT2D eigenvalue weighted by atomic mass is 19.4. The number of hydrogen-bond donors (Lipinski definition) is 2. The van der Waals surface area contributed by atoms with Gasteiger partial charge in [-0.15, -0.1) is 0 Å². The van der Waals surface area contributed by atoms with Crippen LogP contribution in [0.3, 0.4) is 0 Å². The monoisotopic (exact) mass is 424 g/mol. The van der Waals surface area contributed by atoms with E-state index in [1.807, 2.05) is 20.8 Å². The van der Waals surface area contributed by atoms with E-state index in [1.165, 1.54) is 12.1 Å². The number of aryl methyl sites for hydroxylation is 1. The Bertz CT molecular complexity index is 853. The Morgan fingerprint density at radius 2 is 1.83 bits per heavy atom. The number of methoxy groups -OCH3 is 1. The molecule has 30 heavy (non-hydrogen) atoms. The maximum Gasteiger partial charge on any atom is 0.422 e. The van der Waals surface area contributed by atoms with E-state index in [9.17, 15) is 13.2 Å². The summed E-state index contributed by atoms with van der Waals surface area (Å²) in [5.41, 5.74) is 3.64. The minimum absolute atomic E-state index is 0.167. The predicted molar refractivity (Wildman–Crippen MR) is 110 cm³/mol. The lowest BCUT2D eigenvalue weighted by Crippen LogP contribution is -2.37. The molecule has 0 radical (unpaired) electrons. The number of hydrogen-bond acceptors (Lipinski definition) is 4. The first-order valence-corrected chi connectivity index (χ1v) is 9.53. The second kappa shape index (κ2) is 10.7. The Hall–Kier alpha value is -2.97. The Kier molecular flexibility index (Phi) is 8.32. The number of aliphatic imine (C=N–C) groups is 1. The second-order valence-electron chi connectivity index (χ2n) is 6.64. The molecule has 0 bridgehead atoms. The van der Waals surface area contributed by atoms with E-state index in [0.29, 0.717) is 25.6 Å². The standard InChI is InChI=1S/C21H27F3N4O2/c1-5-25-20(28-12-18-15(3)19(29-4)14(2)10-26-18)27-11-16-6-8-17(9-7-16)30-13-21(22,23)24/h6-10H,5,11-13H2,1-4H3,(H2,25,27,28). The van der Waals surface area contributed by atoms with E-state index in [-0.39, 0.29) is 5.75 Å². The summed E-state index contributed by atoms with van der Waals surface area (Å²) in [4.78, 5) is 8.98. The second-order valence-corrected chi connectivity index (χ2v) is 6.64. The molecule has 0 atom stereocenters. The first-order chi connectivity index (χ1) is 14.2. The number of alkyl halides is 3. The fourth-order valence-electron chi connectivity index (χ4n) is 2.79. The number of guanidine groups is 1. The van der Waals surface area contributed by atoms with Gasteiger partial charge in [-0.1, -0.05) is 12.1 Å². The number of benzene rings is 1. The SMILES string of the molecule is CCNC(=NCc1ccc(OCC(F)(F)F)cc1)NCc1ncc(C)c(OC)c1C. The molecular formula is C21H27F3N4O2. The largest absolute Gasteiger partial charge is 0.496 e. The summed E-state index contributed by atoms with van der Waals surface area (Å²) in [5.74, 6) is 1.59. The first kappa shape index (κ1) is 23.3. The number of nitrogens with one attached hydrogen (secondary N) is 2. The molecule has 0 aliphatic rings. The molecule has 0 aliphatic carbocycles. The molecule has 164 valence electrons. The van der Waals surface area contributed by atoms with Gasteiger partial charge in [0.05, 0.1) is 25.9 Å². The number of rotatable bonds is 8. The van der Waals surface area contributed by atoms with Crippen LogP contribution in [0.25, 0.3) is 0 Å². The van der Waals surface area contributed by atoms with Gasteiger partial charge in [0.1, 0.15) is 11.5 Å². The zero-order valence-corrected chi connectivity index (χ0v) is 17.6. The number of halogens is 3. The van der Waals surface area contributed by atoms with Gasteiger partial charge in [0.2, 0.25) is 0 Å². The topological polar surface area (TPSA) is 67.8 Å². The van der Waals surface area contributed by atoms with Crippen LogP contribution in [-0.4, -0.2) is 37.4 Å². The summed E-state index contributed by atoms with van der Waals surface area (Å²) in [6.45, 7) is 6.07. The third-order valence-electron chi connectivity index (χ3n) is 4.26. The quantitative estimate of drug-likeness (QED) is 0.497. The van der Waals surface area contributed by atoms with Gasteiger partial charge >= 0.3 is 6.18 Å². The molecule has 0 fully saturated rings. The van der Waals surface area contributed by atoms with Crippen molar-refractivity contribution in [3.8, 4) is 11.5 Å². The lowest BCUT2D eigenvalue weighted by Gasteiger charge is -2.15. The van der Waals surface area contributed by atoms with Crippen LogP contribution in [0.2, 0.25) is 0 Å². The van der Waals surface area contributed by atoms with Crippen LogP contribution in [0.1, 0.15) is 29.3 Å². The minimum atomic E-state index is -4.36. The zero-order chi connectivity index (χ0) is 22.1. The van der Waals surface area contributed by atoms with Crippen molar-refractivity contribution in [1.29, 1.82) is 0 Å². The summed E-state index contributed by atoms with van der Waals surface area (Å²) < 4.78 is 46.8. The number of nitrogens with zero attached hydrogens (tertiary/aromatic N) is 2. The average Bonchev–Trinajstić information content (AvgIpc) is 2.70. The minimum Gasteiger partial charge on any atom is -0.496 e. The van der Waals surface area contributed by atoms with Gasteiger partial charge in [-0.05, 0) is 38.5 Å². The van der Waals surface area contributed by atoms with Crippen LogP contribution in [0, 0.1) is 13.8 Å². The molecule has 0 aliphatic heterocycles. The third kappa shape index (κ3) is 7.13. The smallest absolute Gasteiger partial charge is 0.422 e. The molecule has 0 amide bonds. The molecule has 2 aromatic rings. The first-order valence-electron chi connectivity index (χ1n) is 9.53. The summed E-state index contributed by atoms with van der Waals surface area (Å²) in [6.07, 6.45) is -2.58. The van der Waals surface area contributed by atoms with Crippen molar-refractivity contribution >= 4 is 5.96 Å². The number of pyridine rings is 1. The van der Waals surface area contributed by atoms with Gasteiger partial charge in [0.15, 0.2) is 12.6 Å². The lowest BCUT2D eigenvalue weighted by atomic mass is 10.1. The number of ether oxygens (including phenoxy) is 2. The summed E-state index contributed by atoms with van der Waals surface area (Å²) >= 11 is 0. The van der Waals surface area contributed by atoms with Crippen LogP contribution in [-0.2, 0) is 13.1 Å². The summed E-state index contributed by atoms with van der Waals surface area (Å²) in [5, 5.41) is 6.40. The van der Waals surface area contributed by atoms with E-state index in [2.05, 4.69) is 20.6 Å². The predicted octanol–water partition coefficient (Wildman–Crippen LogP) is 3.90. The van der Waals surface area contributed by atoms with Crippen molar-refractivity contribution in [1.82, 2.24) is 15.6 Å². The molecule has 0 spiro atoms. The highest BCUT2D eigenvalue weighted by molar-refractivity contribution is 5.79. The lowest BCUT2D eigenvalue weighted by molar-refractivity contribution is -0.153. The highest BCUT2D eigenvalue weighted by Gasteiger charge is 2.28. The molecular weight excluding hydrogens is 397 g/mol. The van der Waals surface area contributed by atoms with E-state index in [0.717, 1.165) is 28.1 Å². The molecule has 9 heteroatoms. The van der Waals surface area contributed by atoms with Crippen molar-refractivity contribution in [3.05, 3.63) is 52.8 Å². The maximum absolute atomic E-state index is 12.2. The van der Waals surface area contributed by atoms with E-state index in [4.69, 9.17) is 9.47 Å². The van der Waals surface area contributed by atoms with Gasteiger partial charge in [-0.3, -0.25) is 4.98 Å². The average molecular weight is 424 g/mol. The molecule has 0 saturated carbocycles. The summed E-state index contributed by atoms with van der Waals surface area (Å²) in [7, 11) is 1.64. The van der Waals surface area contributed by atoms with Gasteiger partial charge in [-0.25, -0.2) is 4.99 Å². The van der Waals surface area contributed by atoms with Gasteiger partial charge < -0.3 is 20.1 Å². The molecule has 0 unspecified atom stereocenters.